The zero-order valence-corrected chi connectivity index (χ0v) is 10.5. The molecule has 90 valence electrons. The Kier molecular flexibility index (Phi) is 2.78. The fourth-order valence-corrected chi connectivity index (χ4v) is 3.65. The van der Waals surface area contributed by atoms with Crippen LogP contribution in [-0.2, 0) is 4.79 Å². The molecule has 2 saturated carbocycles. The molecule has 1 nitrogen and oxygen atoms in total. The number of fused-ring (bicyclic) bond motifs is 2. The number of Topliss-reactive ketones (excluding diaryl/α,β-unsaturated/α-hetero) is 1. The van der Waals surface area contributed by atoms with Crippen molar-refractivity contribution in [2.45, 2.75) is 44.9 Å². The summed E-state index contributed by atoms with van der Waals surface area (Å²) in [4.78, 5) is 12.3. The normalized spacial score (nSPS) is 32.5. The largest absolute Gasteiger partial charge is 0.299 e. The monoisotopic (exact) mass is 228 g/mol. The lowest BCUT2D eigenvalue weighted by Gasteiger charge is -2.39. The molecule has 2 aliphatic rings. The van der Waals surface area contributed by atoms with Gasteiger partial charge in [-0.05, 0) is 44.1 Å². The Morgan fingerprint density at radius 3 is 2.47 bits per heavy atom. The molecule has 0 aliphatic heterocycles. The average molecular weight is 228 g/mol. The molecule has 0 spiro atoms. The second-order valence-corrected chi connectivity index (χ2v) is 5.73. The van der Waals surface area contributed by atoms with Crippen molar-refractivity contribution in [1.82, 2.24) is 0 Å². The number of hydrogen-bond acceptors (Lipinski definition) is 1. The highest BCUT2D eigenvalue weighted by Gasteiger charge is 2.40. The number of carbonyl (C=O) groups is 1. The first-order valence-corrected chi connectivity index (χ1v) is 6.86. The third-order valence-electron chi connectivity index (χ3n) is 4.65. The highest BCUT2D eigenvalue weighted by molar-refractivity contribution is 5.85. The summed E-state index contributed by atoms with van der Waals surface area (Å²) in [6.07, 6.45) is 5.85. The molecule has 0 N–H and O–H groups in total. The zero-order chi connectivity index (χ0) is 11.8. The first kappa shape index (κ1) is 11.0. The predicted molar refractivity (Wildman–Crippen MR) is 69.0 cm³/mol. The van der Waals surface area contributed by atoms with Crippen LogP contribution in [0.25, 0.3) is 0 Å². The summed E-state index contributed by atoms with van der Waals surface area (Å²) in [7, 11) is 0. The van der Waals surface area contributed by atoms with E-state index in [0.717, 1.165) is 19.3 Å². The molecule has 0 amide bonds. The summed E-state index contributed by atoms with van der Waals surface area (Å²) in [5.41, 5.74) is 2.69. The van der Waals surface area contributed by atoms with Crippen molar-refractivity contribution in [2.75, 3.05) is 0 Å². The topological polar surface area (TPSA) is 17.1 Å². The summed E-state index contributed by atoms with van der Waals surface area (Å²) < 4.78 is 0. The number of benzene rings is 1. The summed E-state index contributed by atoms with van der Waals surface area (Å²) in [5.74, 6) is 1.79. The van der Waals surface area contributed by atoms with E-state index in [2.05, 4.69) is 31.2 Å². The minimum absolute atomic E-state index is 0.324. The van der Waals surface area contributed by atoms with Crippen LogP contribution in [0.15, 0.2) is 24.3 Å². The molecule has 1 aromatic carbocycles. The first-order valence-electron chi connectivity index (χ1n) is 6.86. The molecular weight excluding hydrogens is 208 g/mol. The lowest BCUT2D eigenvalue weighted by Crippen LogP contribution is -2.37. The predicted octanol–water partition coefficient (Wildman–Crippen LogP) is 3.86. The average Bonchev–Trinajstić information content (AvgIpc) is 2.31. The Hall–Kier alpha value is -1.11. The van der Waals surface area contributed by atoms with Gasteiger partial charge in [0.05, 0.1) is 0 Å². The van der Waals surface area contributed by atoms with E-state index < -0.39 is 0 Å². The van der Waals surface area contributed by atoms with Crippen molar-refractivity contribution in [1.29, 1.82) is 0 Å². The molecule has 3 atom stereocenters. The Labute approximate surface area is 103 Å². The quantitative estimate of drug-likeness (QED) is 0.713. The number of carbonyl (C=O) groups excluding carboxylic acids is 1. The van der Waals surface area contributed by atoms with Gasteiger partial charge in [-0.25, -0.2) is 0 Å². The maximum absolute atomic E-state index is 12.3. The van der Waals surface area contributed by atoms with Gasteiger partial charge in [-0.1, -0.05) is 36.2 Å². The number of rotatable bonds is 1. The molecule has 0 aromatic heterocycles. The van der Waals surface area contributed by atoms with Gasteiger partial charge in [0.2, 0.25) is 0 Å². The van der Waals surface area contributed by atoms with Gasteiger partial charge < -0.3 is 0 Å². The fourth-order valence-electron chi connectivity index (χ4n) is 3.65. The van der Waals surface area contributed by atoms with Gasteiger partial charge in [0.25, 0.3) is 0 Å². The van der Waals surface area contributed by atoms with Crippen molar-refractivity contribution >= 4 is 5.78 Å². The van der Waals surface area contributed by atoms with E-state index in [1.165, 1.54) is 24.0 Å². The molecule has 0 radical (unpaired) electrons. The molecular formula is C16H20O. The van der Waals surface area contributed by atoms with Crippen LogP contribution < -0.4 is 0 Å². The maximum atomic E-state index is 12.3. The zero-order valence-electron chi connectivity index (χ0n) is 10.5. The summed E-state index contributed by atoms with van der Waals surface area (Å²) in [5, 5.41) is 0. The molecule has 3 rings (SSSR count). The van der Waals surface area contributed by atoms with Crippen molar-refractivity contribution in [3.63, 3.8) is 0 Å². The molecule has 2 bridgehead atoms. The Morgan fingerprint density at radius 1 is 0.941 bits per heavy atom. The van der Waals surface area contributed by atoms with Crippen LogP contribution >= 0.6 is 0 Å². The van der Waals surface area contributed by atoms with E-state index >= 15 is 0 Å². The lowest BCUT2D eigenvalue weighted by molar-refractivity contribution is -0.132. The van der Waals surface area contributed by atoms with Crippen LogP contribution in [0.1, 0.15) is 49.1 Å². The van der Waals surface area contributed by atoms with Gasteiger partial charge >= 0.3 is 0 Å². The third-order valence-corrected chi connectivity index (χ3v) is 4.65. The maximum Gasteiger partial charge on any atom is 0.139 e. The minimum atomic E-state index is 0.324. The van der Waals surface area contributed by atoms with Crippen LogP contribution in [0, 0.1) is 18.8 Å². The van der Waals surface area contributed by atoms with Crippen LogP contribution in [0.3, 0.4) is 0 Å². The van der Waals surface area contributed by atoms with Crippen molar-refractivity contribution in [3.8, 4) is 0 Å². The first-order chi connectivity index (χ1) is 8.25. The second kappa shape index (κ2) is 4.29. The second-order valence-electron chi connectivity index (χ2n) is 5.73. The molecule has 1 heteroatoms. The molecule has 17 heavy (non-hydrogen) atoms. The molecule has 0 saturated heterocycles. The number of ketones is 1. The van der Waals surface area contributed by atoms with E-state index in [1.54, 1.807) is 0 Å². The Bertz CT molecular complexity index is 418. The molecule has 2 aliphatic carbocycles. The van der Waals surface area contributed by atoms with E-state index in [1.807, 2.05) is 0 Å². The van der Waals surface area contributed by atoms with Gasteiger partial charge in [-0.15, -0.1) is 0 Å². The van der Waals surface area contributed by atoms with Crippen molar-refractivity contribution in [2.24, 2.45) is 11.8 Å². The Balaban J connectivity index is 1.88. The molecule has 1 aromatic rings. The summed E-state index contributed by atoms with van der Waals surface area (Å²) >= 11 is 0. The summed E-state index contributed by atoms with van der Waals surface area (Å²) in [6, 6.07) is 8.80. The van der Waals surface area contributed by atoms with Crippen molar-refractivity contribution < 1.29 is 4.79 Å². The third kappa shape index (κ3) is 1.92. The highest BCUT2D eigenvalue weighted by atomic mass is 16.1. The standard InChI is InChI=1S/C16H20O/c1-11-5-7-12(8-6-11)14-10-9-13-3-2-4-15(14)16(13)17/h5-8,13-15H,2-4,9-10H2,1H3. The lowest BCUT2D eigenvalue weighted by atomic mass is 9.64. The van der Waals surface area contributed by atoms with E-state index in [4.69, 9.17) is 0 Å². The number of aryl methyl sites for hydroxylation is 1. The molecule has 3 unspecified atom stereocenters. The Morgan fingerprint density at radius 2 is 1.71 bits per heavy atom. The van der Waals surface area contributed by atoms with Gasteiger partial charge in [-0.3, -0.25) is 4.79 Å². The molecule has 0 heterocycles. The van der Waals surface area contributed by atoms with Crippen LogP contribution in [0.5, 0.6) is 0 Å². The van der Waals surface area contributed by atoms with E-state index in [9.17, 15) is 4.79 Å². The van der Waals surface area contributed by atoms with Crippen LogP contribution in [0.2, 0.25) is 0 Å². The van der Waals surface area contributed by atoms with Crippen LogP contribution in [-0.4, -0.2) is 5.78 Å². The smallest absolute Gasteiger partial charge is 0.139 e. The van der Waals surface area contributed by atoms with Gasteiger partial charge in [0.15, 0.2) is 0 Å². The van der Waals surface area contributed by atoms with E-state index in [-0.39, 0.29) is 0 Å². The highest BCUT2D eigenvalue weighted by Crippen LogP contribution is 2.45. The summed E-state index contributed by atoms with van der Waals surface area (Å²) in [6.45, 7) is 2.12. The number of hydrogen-bond donors (Lipinski definition) is 0. The van der Waals surface area contributed by atoms with Gasteiger partial charge in [0.1, 0.15) is 5.78 Å². The van der Waals surface area contributed by atoms with Crippen LogP contribution in [0.4, 0.5) is 0 Å². The van der Waals surface area contributed by atoms with Crippen molar-refractivity contribution in [3.05, 3.63) is 35.4 Å². The minimum Gasteiger partial charge on any atom is -0.299 e. The SMILES string of the molecule is Cc1ccc(C2CCC3CCCC2C3=O)cc1. The fraction of sp³-hybridized carbons (Fsp3) is 0.562. The van der Waals surface area contributed by atoms with Gasteiger partial charge in [-0.2, -0.15) is 0 Å². The van der Waals surface area contributed by atoms with E-state index in [0.29, 0.717) is 23.5 Å². The molecule has 2 fully saturated rings. The van der Waals surface area contributed by atoms with Gasteiger partial charge in [0, 0.05) is 11.8 Å².